The molecule has 2 aromatic rings. The molecule has 2 rings (SSSR count). The molecule has 0 saturated carbocycles. The molecule has 2 aromatic carbocycles. The lowest BCUT2D eigenvalue weighted by Crippen LogP contribution is -2.52. The van der Waals surface area contributed by atoms with E-state index in [0.29, 0.717) is 5.02 Å². The summed E-state index contributed by atoms with van der Waals surface area (Å²) in [5, 5.41) is 3.78. The number of carbonyl (C=O) groups excluding carboxylic acids is 2. The molecule has 0 aromatic heterocycles. The number of amides is 2. The first-order chi connectivity index (χ1) is 15.8. The topological polar surface area (TPSA) is 86.8 Å². The normalized spacial score (nSPS) is 13.1. The first kappa shape index (κ1) is 28.2. The standard InChI is InChI=1S/C23H28Cl3N3O4S/c1-5-15(2)27-23(31)16(3)28(13-17-6-8-18(24)9-7-17)22(30)14-29(34(4,32)33)21-12-19(25)10-11-20(21)26/h6-12,15-16H,5,13-14H2,1-4H3,(H,27,31)/t15-,16+/m0/s1. The highest BCUT2D eigenvalue weighted by Gasteiger charge is 2.31. The Balaban J connectivity index is 2.42. The van der Waals surface area contributed by atoms with Crippen molar-refractivity contribution in [3.8, 4) is 0 Å². The maximum absolute atomic E-state index is 13.5. The molecular formula is C23H28Cl3N3O4S. The highest BCUT2D eigenvalue weighted by molar-refractivity contribution is 7.92. The van der Waals surface area contributed by atoms with Crippen LogP contribution in [0.15, 0.2) is 42.5 Å². The van der Waals surface area contributed by atoms with Crippen LogP contribution in [-0.4, -0.2) is 50.0 Å². The van der Waals surface area contributed by atoms with E-state index in [1.165, 1.54) is 23.1 Å². The number of nitrogens with zero attached hydrogens (tertiary/aromatic N) is 2. The molecule has 0 fully saturated rings. The van der Waals surface area contributed by atoms with Crippen molar-refractivity contribution in [1.82, 2.24) is 10.2 Å². The molecule has 0 saturated heterocycles. The van der Waals surface area contributed by atoms with Gasteiger partial charge >= 0.3 is 0 Å². The summed E-state index contributed by atoms with van der Waals surface area (Å²) in [5.41, 5.74) is 0.806. The molecule has 11 heteroatoms. The molecule has 0 bridgehead atoms. The SMILES string of the molecule is CC[C@H](C)NC(=O)[C@@H](C)N(Cc1ccc(Cl)cc1)C(=O)CN(c1cc(Cl)ccc1Cl)S(C)(=O)=O. The van der Waals surface area contributed by atoms with Gasteiger partial charge < -0.3 is 10.2 Å². The molecule has 0 aliphatic heterocycles. The molecule has 0 aliphatic rings. The summed E-state index contributed by atoms with van der Waals surface area (Å²) in [6, 6.07) is 10.2. The van der Waals surface area contributed by atoms with Crippen molar-refractivity contribution in [2.45, 2.75) is 45.8 Å². The van der Waals surface area contributed by atoms with Crippen molar-refractivity contribution in [1.29, 1.82) is 0 Å². The van der Waals surface area contributed by atoms with Crippen LogP contribution < -0.4 is 9.62 Å². The minimum atomic E-state index is -3.91. The number of hydrogen-bond acceptors (Lipinski definition) is 4. The Kier molecular flexibility index (Phi) is 10.1. The summed E-state index contributed by atoms with van der Waals surface area (Å²) in [7, 11) is -3.91. The van der Waals surface area contributed by atoms with Gasteiger partial charge in [0.15, 0.2) is 0 Å². The van der Waals surface area contributed by atoms with Gasteiger partial charge in [-0.3, -0.25) is 13.9 Å². The van der Waals surface area contributed by atoms with E-state index in [4.69, 9.17) is 34.8 Å². The molecule has 0 radical (unpaired) electrons. The van der Waals surface area contributed by atoms with Crippen LogP contribution in [0.5, 0.6) is 0 Å². The van der Waals surface area contributed by atoms with Crippen LogP contribution in [0.2, 0.25) is 15.1 Å². The number of anilines is 1. The Hall–Kier alpha value is -2.00. The average Bonchev–Trinajstić information content (AvgIpc) is 2.77. The molecule has 34 heavy (non-hydrogen) atoms. The largest absolute Gasteiger partial charge is 0.352 e. The van der Waals surface area contributed by atoms with Crippen LogP contribution >= 0.6 is 34.8 Å². The van der Waals surface area contributed by atoms with Crippen molar-refractivity contribution < 1.29 is 18.0 Å². The van der Waals surface area contributed by atoms with Crippen molar-refractivity contribution in [2.75, 3.05) is 17.1 Å². The second kappa shape index (κ2) is 12.1. The van der Waals surface area contributed by atoms with Gasteiger partial charge in [0.1, 0.15) is 12.6 Å². The van der Waals surface area contributed by atoms with Crippen LogP contribution in [0.25, 0.3) is 0 Å². The van der Waals surface area contributed by atoms with E-state index in [0.717, 1.165) is 22.5 Å². The molecule has 1 N–H and O–H groups in total. The fraction of sp³-hybridized carbons (Fsp3) is 0.391. The van der Waals surface area contributed by atoms with Gasteiger partial charge in [0.25, 0.3) is 0 Å². The molecular weight excluding hydrogens is 521 g/mol. The molecule has 0 unspecified atom stereocenters. The average molecular weight is 549 g/mol. The summed E-state index contributed by atoms with van der Waals surface area (Å²) in [5.74, 6) is -0.924. The van der Waals surface area contributed by atoms with Crippen LogP contribution in [0.3, 0.4) is 0 Å². The number of sulfonamides is 1. The van der Waals surface area contributed by atoms with E-state index in [2.05, 4.69) is 5.32 Å². The summed E-state index contributed by atoms with van der Waals surface area (Å²) in [6.07, 6.45) is 1.69. The van der Waals surface area contributed by atoms with Gasteiger partial charge in [-0.15, -0.1) is 0 Å². The maximum Gasteiger partial charge on any atom is 0.244 e. The molecule has 2 atom stereocenters. The van der Waals surface area contributed by atoms with E-state index in [9.17, 15) is 18.0 Å². The minimum Gasteiger partial charge on any atom is -0.352 e. The number of rotatable bonds is 10. The third-order valence-electron chi connectivity index (χ3n) is 5.29. The molecule has 7 nitrogen and oxygen atoms in total. The fourth-order valence-corrected chi connectivity index (χ4v) is 4.52. The van der Waals surface area contributed by atoms with E-state index in [1.54, 1.807) is 31.2 Å². The third-order valence-corrected chi connectivity index (χ3v) is 7.22. The van der Waals surface area contributed by atoms with Crippen molar-refractivity contribution >= 4 is 62.3 Å². The summed E-state index contributed by atoms with van der Waals surface area (Å²) >= 11 is 18.2. The quantitative estimate of drug-likeness (QED) is 0.464. The highest BCUT2D eigenvalue weighted by atomic mass is 35.5. The van der Waals surface area contributed by atoms with Gasteiger partial charge in [-0.2, -0.15) is 0 Å². The smallest absolute Gasteiger partial charge is 0.244 e. The zero-order valence-electron chi connectivity index (χ0n) is 19.4. The maximum atomic E-state index is 13.5. The molecule has 2 amide bonds. The Labute approximate surface area is 216 Å². The second-order valence-corrected chi connectivity index (χ2v) is 11.2. The molecule has 0 heterocycles. The Bertz CT molecular complexity index is 1130. The van der Waals surface area contributed by atoms with E-state index < -0.39 is 28.5 Å². The van der Waals surface area contributed by atoms with Crippen molar-refractivity contribution in [3.05, 3.63) is 63.1 Å². The Morgan fingerprint density at radius 2 is 1.59 bits per heavy atom. The van der Waals surface area contributed by atoms with Crippen molar-refractivity contribution in [3.63, 3.8) is 0 Å². The summed E-state index contributed by atoms with van der Waals surface area (Å²) in [4.78, 5) is 27.7. The highest BCUT2D eigenvalue weighted by Crippen LogP contribution is 2.31. The van der Waals surface area contributed by atoms with Gasteiger partial charge in [0.05, 0.1) is 17.0 Å². The number of benzene rings is 2. The van der Waals surface area contributed by atoms with Crippen molar-refractivity contribution in [2.24, 2.45) is 0 Å². The predicted octanol–water partition coefficient (Wildman–Crippen LogP) is 4.74. The number of carbonyl (C=O) groups is 2. The van der Waals surface area contributed by atoms with E-state index in [1.807, 2.05) is 13.8 Å². The second-order valence-electron chi connectivity index (χ2n) is 8.01. The monoisotopic (exact) mass is 547 g/mol. The first-order valence-corrected chi connectivity index (χ1v) is 13.6. The molecule has 186 valence electrons. The first-order valence-electron chi connectivity index (χ1n) is 10.6. The number of hydrogen-bond donors (Lipinski definition) is 1. The fourth-order valence-electron chi connectivity index (χ4n) is 3.11. The Morgan fingerprint density at radius 1 is 1.00 bits per heavy atom. The Morgan fingerprint density at radius 3 is 2.15 bits per heavy atom. The lowest BCUT2D eigenvalue weighted by molar-refractivity contribution is -0.139. The van der Waals surface area contributed by atoms with Crippen LogP contribution in [0.4, 0.5) is 5.69 Å². The predicted molar refractivity (Wildman–Crippen MR) is 138 cm³/mol. The minimum absolute atomic E-state index is 0.0754. The lowest BCUT2D eigenvalue weighted by atomic mass is 10.1. The number of halogens is 3. The van der Waals surface area contributed by atoms with Gasteiger partial charge in [-0.25, -0.2) is 8.42 Å². The lowest BCUT2D eigenvalue weighted by Gasteiger charge is -2.32. The zero-order valence-corrected chi connectivity index (χ0v) is 22.5. The van der Waals surface area contributed by atoms with Gasteiger partial charge in [-0.1, -0.05) is 53.9 Å². The van der Waals surface area contributed by atoms with E-state index >= 15 is 0 Å². The van der Waals surface area contributed by atoms with Crippen LogP contribution in [0.1, 0.15) is 32.8 Å². The van der Waals surface area contributed by atoms with Gasteiger partial charge in [-0.05, 0) is 56.2 Å². The summed E-state index contributed by atoms with van der Waals surface area (Å²) in [6.45, 7) is 4.91. The zero-order chi connectivity index (χ0) is 25.6. The van der Waals surface area contributed by atoms with E-state index in [-0.39, 0.29) is 34.2 Å². The molecule has 0 aliphatic carbocycles. The number of nitrogens with one attached hydrogen (secondary N) is 1. The van der Waals surface area contributed by atoms with Gasteiger partial charge in [0, 0.05) is 22.6 Å². The van der Waals surface area contributed by atoms with Gasteiger partial charge in [0.2, 0.25) is 21.8 Å². The third kappa shape index (κ3) is 7.77. The molecule has 0 spiro atoms. The summed E-state index contributed by atoms with van der Waals surface area (Å²) < 4.78 is 26.1. The van der Waals surface area contributed by atoms with Crippen LogP contribution in [0, 0.1) is 0 Å². The van der Waals surface area contributed by atoms with Crippen LogP contribution in [-0.2, 0) is 26.2 Å².